The van der Waals surface area contributed by atoms with Crippen molar-refractivity contribution in [2.45, 2.75) is 31.7 Å². The zero-order valence-electron chi connectivity index (χ0n) is 9.52. The van der Waals surface area contributed by atoms with Gasteiger partial charge in [0, 0.05) is 13.6 Å². The van der Waals surface area contributed by atoms with Gasteiger partial charge in [-0.3, -0.25) is 9.59 Å². The van der Waals surface area contributed by atoms with Gasteiger partial charge in [0.05, 0.1) is 12.5 Å². The van der Waals surface area contributed by atoms with Crippen molar-refractivity contribution in [2.75, 3.05) is 13.6 Å². The van der Waals surface area contributed by atoms with E-state index in [0.29, 0.717) is 5.92 Å². The molecule has 1 unspecified atom stereocenters. The highest BCUT2D eigenvalue weighted by molar-refractivity contribution is 5.87. The second kappa shape index (κ2) is 6.70. The quantitative estimate of drug-likeness (QED) is 0.711. The van der Waals surface area contributed by atoms with Gasteiger partial charge in [-0.25, -0.2) is 0 Å². The predicted octanol–water partition coefficient (Wildman–Crippen LogP) is -0.131. The monoisotopic (exact) mass is 249 g/mol. The summed E-state index contributed by atoms with van der Waals surface area (Å²) >= 11 is 0. The number of primary amides is 1. The maximum absolute atomic E-state index is 11.6. The van der Waals surface area contributed by atoms with Crippen molar-refractivity contribution in [3.8, 4) is 0 Å². The molecule has 94 valence electrons. The maximum Gasteiger partial charge on any atom is 0.239 e. The van der Waals surface area contributed by atoms with E-state index in [2.05, 4.69) is 0 Å². The van der Waals surface area contributed by atoms with Gasteiger partial charge in [0.1, 0.15) is 0 Å². The Hall–Kier alpha value is -0.810. The molecule has 5 nitrogen and oxygen atoms in total. The average molecular weight is 250 g/mol. The molecule has 6 heteroatoms. The summed E-state index contributed by atoms with van der Waals surface area (Å²) in [6.07, 6.45) is 3.54. The summed E-state index contributed by atoms with van der Waals surface area (Å²) in [5.41, 5.74) is 10.5. The average Bonchev–Trinajstić information content (AvgIpc) is 2.08. The van der Waals surface area contributed by atoms with E-state index < -0.39 is 11.9 Å². The molecule has 16 heavy (non-hydrogen) atoms. The highest BCUT2D eigenvalue weighted by Crippen LogP contribution is 2.26. The minimum Gasteiger partial charge on any atom is -0.370 e. The third kappa shape index (κ3) is 4.37. The van der Waals surface area contributed by atoms with E-state index in [-0.39, 0.29) is 24.7 Å². The first-order valence-corrected chi connectivity index (χ1v) is 5.29. The second-order valence-corrected chi connectivity index (χ2v) is 4.29. The van der Waals surface area contributed by atoms with Crippen molar-refractivity contribution < 1.29 is 9.59 Å². The van der Waals surface area contributed by atoms with Gasteiger partial charge < -0.3 is 16.4 Å². The van der Waals surface area contributed by atoms with Crippen LogP contribution in [0, 0.1) is 5.92 Å². The van der Waals surface area contributed by atoms with Crippen LogP contribution in [-0.2, 0) is 9.59 Å². The van der Waals surface area contributed by atoms with E-state index in [1.165, 1.54) is 19.3 Å². The number of hydrogen-bond acceptors (Lipinski definition) is 3. The molecule has 0 aromatic heterocycles. The van der Waals surface area contributed by atoms with Gasteiger partial charge in [-0.05, 0) is 18.8 Å². The summed E-state index contributed by atoms with van der Waals surface area (Å²) in [4.78, 5) is 23.9. The smallest absolute Gasteiger partial charge is 0.239 e. The highest BCUT2D eigenvalue weighted by Gasteiger charge is 2.24. The van der Waals surface area contributed by atoms with Crippen LogP contribution in [0.15, 0.2) is 0 Å². The molecule has 0 aromatic rings. The van der Waals surface area contributed by atoms with E-state index in [4.69, 9.17) is 11.5 Å². The van der Waals surface area contributed by atoms with Gasteiger partial charge in [-0.2, -0.15) is 0 Å². The molecule has 1 saturated carbocycles. The lowest BCUT2D eigenvalue weighted by Gasteiger charge is -2.31. The van der Waals surface area contributed by atoms with Gasteiger partial charge in [0.2, 0.25) is 11.8 Å². The minimum absolute atomic E-state index is 0. The van der Waals surface area contributed by atoms with Crippen LogP contribution in [-0.4, -0.2) is 36.3 Å². The van der Waals surface area contributed by atoms with Gasteiger partial charge in [-0.1, -0.05) is 6.42 Å². The summed E-state index contributed by atoms with van der Waals surface area (Å²) in [6, 6.07) is -0.785. The standard InChI is InChI=1S/C10H19N3O2.ClH/c1-13(6-7-3-2-4-7)10(15)8(11)5-9(12)14;/h7-8H,2-6,11H2,1H3,(H2,12,14);1H. The molecule has 0 heterocycles. The Labute approximate surface area is 102 Å². The first-order chi connectivity index (χ1) is 7.00. The number of hydrogen-bond donors (Lipinski definition) is 2. The van der Waals surface area contributed by atoms with E-state index in [1.807, 2.05) is 0 Å². The van der Waals surface area contributed by atoms with Crippen LogP contribution < -0.4 is 11.5 Å². The third-order valence-corrected chi connectivity index (χ3v) is 2.87. The van der Waals surface area contributed by atoms with Gasteiger partial charge in [-0.15, -0.1) is 12.4 Å². The molecule has 1 aliphatic carbocycles. The lowest BCUT2D eigenvalue weighted by molar-refractivity contribution is -0.134. The first kappa shape index (κ1) is 15.2. The second-order valence-electron chi connectivity index (χ2n) is 4.29. The molecule has 0 aromatic carbocycles. The van der Waals surface area contributed by atoms with Gasteiger partial charge in [0.25, 0.3) is 0 Å². The molecule has 4 N–H and O–H groups in total. The van der Waals surface area contributed by atoms with Crippen molar-refractivity contribution in [3.63, 3.8) is 0 Å². The number of amides is 2. The zero-order chi connectivity index (χ0) is 11.4. The fourth-order valence-corrected chi connectivity index (χ4v) is 1.74. The van der Waals surface area contributed by atoms with Crippen molar-refractivity contribution in [2.24, 2.45) is 17.4 Å². The lowest BCUT2D eigenvalue weighted by Crippen LogP contribution is -2.46. The predicted molar refractivity (Wildman–Crippen MR) is 64.0 cm³/mol. The number of carbonyl (C=O) groups excluding carboxylic acids is 2. The van der Waals surface area contributed by atoms with E-state index in [9.17, 15) is 9.59 Å². The molecule has 0 radical (unpaired) electrons. The van der Waals surface area contributed by atoms with Crippen molar-refractivity contribution in [1.29, 1.82) is 0 Å². The first-order valence-electron chi connectivity index (χ1n) is 5.29. The van der Waals surface area contributed by atoms with Crippen LogP contribution >= 0.6 is 12.4 Å². The topological polar surface area (TPSA) is 89.4 Å². The zero-order valence-corrected chi connectivity index (χ0v) is 10.3. The Bertz CT molecular complexity index is 256. The maximum atomic E-state index is 11.6. The van der Waals surface area contributed by atoms with Crippen LogP contribution in [0.5, 0.6) is 0 Å². The number of halogens is 1. The number of carbonyl (C=O) groups is 2. The summed E-state index contributed by atoms with van der Waals surface area (Å²) in [5, 5.41) is 0. The van der Waals surface area contributed by atoms with Gasteiger partial charge in [0.15, 0.2) is 0 Å². The van der Waals surface area contributed by atoms with E-state index in [0.717, 1.165) is 6.54 Å². The minimum atomic E-state index is -0.785. The Kier molecular flexibility index (Phi) is 6.36. The van der Waals surface area contributed by atoms with E-state index >= 15 is 0 Å². The summed E-state index contributed by atoms with van der Waals surface area (Å²) in [7, 11) is 1.72. The molecular formula is C10H20ClN3O2. The normalized spacial score (nSPS) is 16.9. The molecule has 0 bridgehead atoms. The Morgan fingerprint density at radius 1 is 1.44 bits per heavy atom. The van der Waals surface area contributed by atoms with Crippen LogP contribution in [0.25, 0.3) is 0 Å². The molecule has 1 fully saturated rings. The molecule has 0 saturated heterocycles. The lowest BCUT2D eigenvalue weighted by atomic mass is 9.85. The fraction of sp³-hybridized carbons (Fsp3) is 0.800. The molecule has 1 rings (SSSR count). The van der Waals surface area contributed by atoms with Crippen LogP contribution in [0.4, 0.5) is 0 Å². The summed E-state index contributed by atoms with van der Waals surface area (Å²) < 4.78 is 0. The van der Waals surface area contributed by atoms with E-state index in [1.54, 1.807) is 11.9 Å². The van der Waals surface area contributed by atoms with Crippen LogP contribution in [0.2, 0.25) is 0 Å². The largest absolute Gasteiger partial charge is 0.370 e. The molecular weight excluding hydrogens is 230 g/mol. The third-order valence-electron chi connectivity index (χ3n) is 2.87. The Morgan fingerprint density at radius 3 is 2.38 bits per heavy atom. The molecule has 0 spiro atoms. The molecule has 2 amide bonds. The van der Waals surface area contributed by atoms with Crippen molar-refractivity contribution in [3.05, 3.63) is 0 Å². The highest BCUT2D eigenvalue weighted by atomic mass is 35.5. The van der Waals surface area contributed by atoms with Crippen LogP contribution in [0.1, 0.15) is 25.7 Å². The van der Waals surface area contributed by atoms with Crippen molar-refractivity contribution >= 4 is 24.2 Å². The van der Waals surface area contributed by atoms with Gasteiger partial charge >= 0.3 is 0 Å². The number of nitrogens with two attached hydrogens (primary N) is 2. The summed E-state index contributed by atoms with van der Waals surface area (Å²) in [5.74, 6) is -0.117. The molecule has 0 aliphatic heterocycles. The Morgan fingerprint density at radius 2 is 2.00 bits per heavy atom. The number of likely N-dealkylation sites (N-methyl/N-ethyl adjacent to an activating group) is 1. The number of rotatable bonds is 5. The van der Waals surface area contributed by atoms with Crippen molar-refractivity contribution in [1.82, 2.24) is 4.90 Å². The van der Waals surface area contributed by atoms with Crippen LogP contribution in [0.3, 0.4) is 0 Å². The Balaban J connectivity index is 0.00000225. The molecule has 1 aliphatic rings. The molecule has 1 atom stereocenters. The number of nitrogens with zero attached hydrogens (tertiary/aromatic N) is 1. The fourth-order valence-electron chi connectivity index (χ4n) is 1.74. The summed E-state index contributed by atoms with van der Waals surface area (Å²) in [6.45, 7) is 0.741. The SMILES string of the molecule is CN(CC1CCC1)C(=O)C(N)CC(N)=O.Cl.